The van der Waals surface area contributed by atoms with E-state index in [9.17, 15) is 4.79 Å². The molecule has 1 amide bonds. The number of aromatic nitrogens is 1. The Morgan fingerprint density at radius 2 is 1.78 bits per heavy atom. The maximum Gasteiger partial charge on any atom is 0.249 e. The van der Waals surface area contributed by atoms with Gasteiger partial charge in [0.05, 0.1) is 5.69 Å². The van der Waals surface area contributed by atoms with Crippen molar-refractivity contribution in [3.63, 3.8) is 0 Å². The highest BCUT2D eigenvalue weighted by Gasteiger charge is 2.03. The van der Waals surface area contributed by atoms with Crippen LogP contribution in [0.5, 0.6) is 0 Å². The van der Waals surface area contributed by atoms with Crippen LogP contribution in [-0.4, -0.2) is 10.9 Å². The van der Waals surface area contributed by atoms with Gasteiger partial charge in [-0.25, -0.2) is 0 Å². The quantitative estimate of drug-likeness (QED) is 0.923. The summed E-state index contributed by atoms with van der Waals surface area (Å²) in [5.41, 5.74) is 7.45. The average Bonchev–Trinajstić information content (AvgIpc) is 2.38. The maximum atomic E-state index is 11.2. The van der Waals surface area contributed by atoms with E-state index in [1.54, 1.807) is 18.3 Å². The van der Waals surface area contributed by atoms with Gasteiger partial charge in [0.15, 0.2) is 0 Å². The Morgan fingerprint density at radius 3 is 2.44 bits per heavy atom. The number of hydrogen-bond acceptors (Lipinski definition) is 2. The Morgan fingerprint density at radius 1 is 1.06 bits per heavy atom. The summed E-state index contributed by atoms with van der Waals surface area (Å²) in [4.78, 5) is 15.4. The second-order valence-corrected chi connectivity index (χ2v) is 3.54. The molecule has 1 heterocycles. The van der Waals surface area contributed by atoms with Crippen LogP contribution in [0.1, 0.15) is 21.6 Å². The summed E-state index contributed by atoms with van der Waals surface area (Å²) in [7, 11) is 0. The van der Waals surface area contributed by atoms with Crippen LogP contribution in [0.25, 0.3) is 12.2 Å². The molecular formula is C14H13ClN2O. The minimum atomic E-state index is -0.425. The predicted molar refractivity (Wildman–Crippen MR) is 75.4 cm³/mol. The molecule has 1 aromatic heterocycles. The van der Waals surface area contributed by atoms with E-state index < -0.39 is 5.91 Å². The Kier molecular flexibility index (Phi) is 5.08. The molecule has 2 aromatic rings. The zero-order chi connectivity index (χ0) is 12.1. The number of primary amides is 1. The van der Waals surface area contributed by atoms with Gasteiger partial charge in [-0.1, -0.05) is 30.3 Å². The second kappa shape index (κ2) is 6.57. The summed E-state index contributed by atoms with van der Waals surface area (Å²) in [6.45, 7) is 0. The van der Waals surface area contributed by atoms with Crippen molar-refractivity contribution in [2.45, 2.75) is 0 Å². The summed E-state index contributed by atoms with van der Waals surface area (Å²) in [5, 5.41) is 0. The monoisotopic (exact) mass is 260 g/mol. The number of nitrogens with two attached hydrogens (primary N) is 1. The molecule has 0 aliphatic rings. The van der Waals surface area contributed by atoms with Gasteiger partial charge < -0.3 is 5.73 Å². The first-order valence-electron chi connectivity index (χ1n) is 5.25. The molecule has 0 bridgehead atoms. The topological polar surface area (TPSA) is 56.0 Å². The number of carbonyl (C=O) groups excluding carboxylic acids is 1. The van der Waals surface area contributed by atoms with Crippen LogP contribution in [-0.2, 0) is 0 Å². The zero-order valence-electron chi connectivity index (χ0n) is 9.61. The van der Waals surface area contributed by atoms with Crippen LogP contribution in [0.3, 0.4) is 0 Å². The molecule has 0 atom stereocenters. The summed E-state index contributed by atoms with van der Waals surface area (Å²) in [6, 6.07) is 12.9. The fourth-order valence-electron chi connectivity index (χ4n) is 1.52. The van der Waals surface area contributed by atoms with Gasteiger partial charge in [0.1, 0.15) is 0 Å². The van der Waals surface area contributed by atoms with E-state index in [1.165, 1.54) is 0 Å². The molecule has 0 aliphatic heterocycles. The third kappa shape index (κ3) is 3.43. The number of halogens is 1. The van der Waals surface area contributed by atoms with E-state index in [1.807, 2.05) is 42.5 Å². The first-order valence-corrected chi connectivity index (χ1v) is 5.25. The van der Waals surface area contributed by atoms with Gasteiger partial charge in [-0.3, -0.25) is 9.78 Å². The normalized spacial score (nSPS) is 10.0. The predicted octanol–water partition coefficient (Wildman–Crippen LogP) is 2.77. The standard InChI is InChI=1S/C14H12N2O.ClH/c15-14(17)13-7-2-1-5-11(13)8-9-12-6-3-4-10-16-12;/h1-10H,(H2,15,17);1H/b9-8+;. The van der Waals surface area contributed by atoms with Crippen LogP contribution >= 0.6 is 12.4 Å². The molecule has 2 rings (SSSR count). The first-order chi connectivity index (χ1) is 8.27. The van der Waals surface area contributed by atoms with E-state index in [4.69, 9.17) is 5.73 Å². The van der Waals surface area contributed by atoms with Gasteiger partial charge in [-0.2, -0.15) is 0 Å². The molecule has 1 aromatic carbocycles. The van der Waals surface area contributed by atoms with Crippen molar-refractivity contribution in [3.05, 3.63) is 65.5 Å². The molecule has 4 heteroatoms. The number of amides is 1. The fraction of sp³-hybridized carbons (Fsp3) is 0. The third-order valence-corrected chi connectivity index (χ3v) is 2.35. The van der Waals surface area contributed by atoms with Gasteiger partial charge in [-0.15, -0.1) is 12.4 Å². The molecule has 0 saturated heterocycles. The second-order valence-electron chi connectivity index (χ2n) is 3.54. The largest absolute Gasteiger partial charge is 0.366 e. The molecule has 0 saturated carbocycles. The lowest BCUT2D eigenvalue weighted by Crippen LogP contribution is -2.12. The lowest BCUT2D eigenvalue weighted by molar-refractivity contribution is 0.1000. The van der Waals surface area contributed by atoms with Gasteiger partial charge in [0.25, 0.3) is 0 Å². The highest BCUT2D eigenvalue weighted by Crippen LogP contribution is 2.11. The summed E-state index contributed by atoms with van der Waals surface area (Å²) < 4.78 is 0. The van der Waals surface area contributed by atoms with Crippen molar-refractivity contribution in [2.24, 2.45) is 5.73 Å². The average molecular weight is 261 g/mol. The number of benzene rings is 1. The smallest absolute Gasteiger partial charge is 0.249 e. The van der Waals surface area contributed by atoms with Crippen LogP contribution in [0, 0.1) is 0 Å². The van der Waals surface area contributed by atoms with E-state index in [0.29, 0.717) is 5.56 Å². The molecule has 0 aliphatic carbocycles. The van der Waals surface area contributed by atoms with Crippen LogP contribution < -0.4 is 5.73 Å². The highest BCUT2D eigenvalue weighted by atomic mass is 35.5. The van der Waals surface area contributed by atoms with Gasteiger partial charge in [0.2, 0.25) is 5.91 Å². The van der Waals surface area contributed by atoms with E-state index in [2.05, 4.69) is 4.98 Å². The van der Waals surface area contributed by atoms with Crippen molar-refractivity contribution >= 4 is 30.5 Å². The van der Waals surface area contributed by atoms with Crippen molar-refractivity contribution in [3.8, 4) is 0 Å². The number of rotatable bonds is 3. The summed E-state index contributed by atoms with van der Waals surface area (Å²) in [5.74, 6) is -0.425. The van der Waals surface area contributed by atoms with E-state index in [0.717, 1.165) is 11.3 Å². The molecule has 0 unspecified atom stereocenters. The number of carbonyl (C=O) groups is 1. The summed E-state index contributed by atoms with van der Waals surface area (Å²) in [6.07, 6.45) is 5.41. The van der Waals surface area contributed by atoms with Crippen molar-refractivity contribution in [1.82, 2.24) is 4.98 Å². The third-order valence-electron chi connectivity index (χ3n) is 2.35. The first kappa shape index (κ1) is 13.9. The fourth-order valence-corrected chi connectivity index (χ4v) is 1.52. The Labute approximate surface area is 112 Å². The van der Waals surface area contributed by atoms with Gasteiger partial charge >= 0.3 is 0 Å². The molecule has 18 heavy (non-hydrogen) atoms. The molecule has 0 spiro atoms. The molecular weight excluding hydrogens is 248 g/mol. The lowest BCUT2D eigenvalue weighted by atomic mass is 10.1. The Balaban J connectivity index is 0.00000162. The van der Waals surface area contributed by atoms with Crippen molar-refractivity contribution in [2.75, 3.05) is 0 Å². The Bertz CT molecular complexity index is 553. The molecule has 2 N–H and O–H groups in total. The minimum Gasteiger partial charge on any atom is -0.366 e. The number of pyridine rings is 1. The van der Waals surface area contributed by atoms with E-state index in [-0.39, 0.29) is 12.4 Å². The van der Waals surface area contributed by atoms with Gasteiger partial charge in [0, 0.05) is 11.8 Å². The van der Waals surface area contributed by atoms with Crippen molar-refractivity contribution in [1.29, 1.82) is 0 Å². The minimum absolute atomic E-state index is 0. The summed E-state index contributed by atoms with van der Waals surface area (Å²) >= 11 is 0. The number of nitrogens with zero attached hydrogens (tertiary/aromatic N) is 1. The Hall–Kier alpha value is -2.13. The number of hydrogen-bond donors (Lipinski definition) is 1. The SMILES string of the molecule is Cl.NC(=O)c1ccccc1/C=C/c1ccccn1. The van der Waals surface area contributed by atoms with Gasteiger partial charge in [-0.05, 0) is 29.8 Å². The molecule has 92 valence electrons. The lowest BCUT2D eigenvalue weighted by Gasteiger charge is -2.00. The van der Waals surface area contributed by atoms with Crippen LogP contribution in [0.15, 0.2) is 48.7 Å². The zero-order valence-corrected chi connectivity index (χ0v) is 10.4. The molecule has 3 nitrogen and oxygen atoms in total. The highest BCUT2D eigenvalue weighted by molar-refractivity contribution is 5.97. The molecule has 0 fully saturated rings. The van der Waals surface area contributed by atoms with Crippen LogP contribution in [0.4, 0.5) is 0 Å². The maximum absolute atomic E-state index is 11.2. The van der Waals surface area contributed by atoms with E-state index >= 15 is 0 Å². The molecule has 0 radical (unpaired) electrons. The van der Waals surface area contributed by atoms with Crippen molar-refractivity contribution < 1.29 is 4.79 Å². The van der Waals surface area contributed by atoms with Crippen LogP contribution in [0.2, 0.25) is 0 Å².